The molecule has 0 rings (SSSR count). The third-order valence-electron chi connectivity index (χ3n) is 1.89. The Balaban J connectivity index is 3.64. The molecule has 0 saturated heterocycles. The second-order valence-electron chi connectivity index (χ2n) is 4.93. The normalized spacial score (nSPS) is 11.6. The van der Waals surface area contributed by atoms with Gasteiger partial charge in [0.25, 0.3) is 0 Å². The van der Waals surface area contributed by atoms with Crippen molar-refractivity contribution in [1.82, 2.24) is 10.4 Å². The van der Waals surface area contributed by atoms with E-state index >= 15 is 0 Å². The largest absolute Gasteiger partial charge is 0.394 e. The van der Waals surface area contributed by atoms with Crippen LogP contribution < -0.4 is 5.43 Å². The number of carbonyl (C=O) groups is 1. The van der Waals surface area contributed by atoms with Crippen molar-refractivity contribution in [3.05, 3.63) is 0 Å². The van der Waals surface area contributed by atoms with Gasteiger partial charge in [-0.3, -0.25) is 9.80 Å². The van der Waals surface area contributed by atoms with Crippen LogP contribution in [0.15, 0.2) is 0 Å². The van der Waals surface area contributed by atoms with Crippen molar-refractivity contribution < 1.29 is 14.6 Å². The van der Waals surface area contributed by atoms with Gasteiger partial charge in [-0.05, 0) is 5.41 Å². The van der Waals surface area contributed by atoms with Gasteiger partial charge in [-0.2, -0.15) is 0 Å². The van der Waals surface area contributed by atoms with E-state index in [1.165, 1.54) is 5.01 Å². The Kier molecular flexibility index (Phi) is 7.29. The molecule has 0 aliphatic heterocycles. The maximum atomic E-state index is 11.7. The van der Waals surface area contributed by atoms with Crippen LogP contribution in [0.1, 0.15) is 27.2 Å². The van der Waals surface area contributed by atoms with Crippen LogP contribution in [0.25, 0.3) is 0 Å². The molecule has 0 heterocycles. The summed E-state index contributed by atoms with van der Waals surface area (Å²) in [6.45, 7) is 7.50. The predicted molar refractivity (Wildman–Crippen MR) is 62.7 cm³/mol. The molecule has 0 aromatic heterocycles. The van der Waals surface area contributed by atoms with E-state index in [9.17, 15) is 4.79 Å². The topological polar surface area (TPSA) is 61.8 Å². The summed E-state index contributed by atoms with van der Waals surface area (Å²) in [5.74, 6) is 0.0645. The van der Waals surface area contributed by atoms with Gasteiger partial charge in [0.05, 0.1) is 19.8 Å². The molecule has 0 aromatic rings. The molecule has 5 heteroatoms. The lowest BCUT2D eigenvalue weighted by Gasteiger charge is -2.23. The molecule has 0 bridgehead atoms. The van der Waals surface area contributed by atoms with Crippen molar-refractivity contribution in [1.29, 1.82) is 0 Å². The van der Waals surface area contributed by atoms with Gasteiger partial charge in [-0.15, -0.1) is 0 Å². The zero-order valence-corrected chi connectivity index (χ0v) is 10.7. The summed E-state index contributed by atoms with van der Waals surface area (Å²) < 4.78 is 5.06. The Morgan fingerprint density at radius 2 is 2.00 bits per heavy atom. The summed E-state index contributed by atoms with van der Waals surface area (Å²) in [7, 11) is 1.71. The lowest BCUT2D eigenvalue weighted by Crippen LogP contribution is -2.42. The molecule has 96 valence electrons. The van der Waals surface area contributed by atoms with Crippen LogP contribution in [0.5, 0.6) is 0 Å². The fraction of sp³-hybridized carbons (Fsp3) is 0.909. The van der Waals surface area contributed by atoms with Crippen LogP contribution in [0, 0.1) is 5.41 Å². The summed E-state index contributed by atoms with van der Waals surface area (Å²) in [5.41, 5.74) is 2.94. The highest BCUT2D eigenvalue weighted by molar-refractivity contribution is 5.75. The monoisotopic (exact) mass is 232 g/mol. The van der Waals surface area contributed by atoms with Crippen molar-refractivity contribution >= 4 is 5.91 Å². The summed E-state index contributed by atoms with van der Waals surface area (Å²) in [6, 6.07) is 0. The number of carbonyl (C=O) groups excluding carboxylic acids is 1. The molecular weight excluding hydrogens is 208 g/mol. The number of aliphatic hydroxyl groups is 1. The van der Waals surface area contributed by atoms with Gasteiger partial charge in [-0.25, -0.2) is 5.43 Å². The van der Waals surface area contributed by atoms with Gasteiger partial charge < -0.3 is 9.84 Å². The second kappa shape index (κ2) is 7.60. The third kappa shape index (κ3) is 8.64. The zero-order chi connectivity index (χ0) is 12.6. The number of hydrazine groups is 1. The maximum absolute atomic E-state index is 11.7. The van der Waals surface area contributed by atoms with Crippen molar-refractivity contribution in [3.63, 3.8) is 0 Å². The van der Waals surface area contributed by atoms with Crippen LogP contribution in [0.3, 0.4) is 0 Å². The van der Waals surface area contributed by atoms with Gasteiger partial charge in [0.1, 0.15) is 0 Å². The average Bonchev–Trinajstić information content (AvgIpc) is 2.14. The van der Waals surface area contributed by atoms with Crippen LogP contribution in [0.2, 0.25) is 0 Å². The van der Waals surface area contributed by atoms with E-state index in [0.717, 1.165) is 0 Å². The Labute approximate surface area is 97.7 Å². The van der Waals surface area contributed by atoms with Gasteiger partial charge >= 0.3 is 0 Å². The van der Waals surface area contributed by atoms with Crippen molar-refractivity contribution in [2.75, 3.05) is 33.4 Å². The van der Waals surface area contributed by atoms with Crippen molar-refractivity contribution in [3.8, 4) is 0 Å². The van der Waals surface area contributed by atoms with Crippen LogP contribution in [0.4, 0.5) is 0 Å². The van der Waals surface area contributed by atoms with E-state index in [2.05, 4.69) is 5.43 Å². The first-order valence-corrected chi connectivity index (χ1v) is 5.55. The number of hydrogen-bond acceptors (Lipinski definition) is 4. The third-order valence-corrected chi connectivity index (χ3v) is 1.89. The molecule has 0 unspecified atom stereocenters. The van der Waals surface area contributed by atoms with Crippen LogP contribution in [-0.4, -0.2) is 49.4 Å². The first-order chi connectivity index (χ1) is 7.37. The van der Waals surface area contributed by atoms with Crippen molar-refractivity contribution in [2.45, 2.75) is 27.2 Å². The lowest BCUT2D eigenvalue weighted by molar-refractivity contribution is -0.134. The Morgan fingerprint density at radius 3 is 2.50 bits per heavy atom. The summed E-state index contributed by atoms with van der Waals surface area (Å²) in [5, 5.41) is 9.97. The van der Waals surface area contributed by atoms with E-state index < -0.39 is 0 Å². The summed E-state index contributed by atoms with van der Waals surface area (Å²) in [4.78, 5) is 11.7. The summed E-state index contributed by atoms with van der Waals surface area (Å²) >= 11 is 0. The molecule has 0 aromatic carbocycles. The molecule has 0 spiro atoms. The van der Waals surface area contributed by atoms with E-state index in [1.54, 1.807) is 7.05 Å². The molecule has 16 heavy (non-hydrogen) atoms. The maximum Gasteiger partial charge on any atom is 0.236 e. The molecule has 0 aliphatic rings. The minimum atomic E-state index is 0.000408. The zero-order valence-electron chi connectivity index (χ0n) is 10.7. The number of rotatable bonds is 7. The number of amides is 1. The first kappa shape index (κ1) is 15.3. The van der Waals surface area contributed by atoms with E-state index in [0.29, 0.717) is 26.2 Å². The standard InChI is InChI=1S/C11H24N2O3/c1-11(2,3)9-10(15)13(4)12-5-7-16-8-6-14/h12,14H,5-9H2,1-4H3. The summed E-state index contributed by atoms with van der Waals surface area (Å²) in [6.07, 6.45) is 0.508. The van der Waals surface area contributed by atoms with E-state index in [4.69, 9.17) is 9.84 Å². The molecule has 0 atom stereocenters. The number of aliphatic hydroxyl groups excluding tert-OH is 1. The molecule has 2 N–H and O–H groups in total. The molecule has 0 fully saturated rings. The predicted octanol–water partition coefficient (Wildman–Crippen LogP) is 0.394. The highest BCUT2D eigenvalue weighted by Crippen LogP contribution is 2.18. The van der Waals surface area contributed by atoms with E-state index in [1.807, 2.05) is 20.8 Å². The van der Waals surface area contributed by atoms with E-state index in [-0.39, 0.29) is 17.9 Å². The highest BCUT2D eigenvalue weighted by Gasteiger charge is 2.18. The van der Waals surface area contributed by atoms with Gasteiger partial charge in [0.15, 0.2) is 0 Å². The fourth-order valence-electron chi connectivity index (χ4n) is 1.11. The number of hydrogen-bond donors (Lipinski definition) is 2. The van der Waals surface area contributed by atoms with Crippen LogP contribution in [-0.2, 0) is 9.53 Å². The SMILES string of the molecule is CN(NCCOCCO)C(=O)CC(C)(C)C. The molecule has 0 saturated carbocycles. The van der Waals surface area contributed by atoms with Gasteiger partial charge in [0.2, 0.25) is 5.91 Å². The van der Waals surface area contributed by atoms with Gasteiger partial charge in [0, 0.05) is 20.0 Å². The smallest absolute Gasteiger partial charge is 0.236 e. The van der Waals surface area contributed by atoms with Crippen LogP contribution >= 0.6 is 0 Å². The molecule has 5 nitrogen and oxygen atoms in total. The number of nitrogens with one attached hydrogen (secondary N) is 1. The number of ether oxygens (including phenoxy) is 1. The minimum Gasteiger partial charge on any atom is -0.394 e. The Bertz CT molecular complexity index is 202. The quantitative estimate of drug-likeness (QED) is 0.492. The molecule has 0 aliphatic carbocycles. The Morgan fingerprint density at radius 1 is 1.38 bits per heavy atom. The lowest BCUT2D eigenvalue weighted by atomic mass is 9.92. The second-order valence-corrected chi connectivity index (χ2v) is 4.93. The highest BCUT2D eigenvalue weighted by atomic mass is 16.5. The number of nitrogens with zero attached hydrogens (tertiary/aromatic N) is 1. The fourth-order valence-corrected chi connectivity index (χ4v) is 1.11. The van der Waals surface area contributed by atoms with Gasteiger partial charge in [-0.1, -0.05) is 20.8 Å². The molecule has 1 amide bonds. The molecular formula is C11H24N2O3. The Hall–Kier alpha value is -0.650. The average molecular weight is 232 g/mol. The minimum absolute atomic E-state index is 0.000408. The van der Waals surface area contributed by atoms with Crippen molar-refractivity contribution in [2.24, 2.45) is 5.41 Å². The first-order valence-electron chi connectivity index (χ1n) is 5.55. The molecule has 0 radical (unpaired) electrons.